The summed E-state index contributed by atoms with van der Waals surface area (Å²) in [5, 5.41) is 0. The number of hydrogen-bond acceptors (Lipinski definition) is 7. The Kier molecular flexibility index (Phi) is 7.02. The highest BCUT2D eigenvalue weighted by Crippen LogP contribution is 2.13. The Morgan fingerprint density at radius 2 is 1.57 bits per heavy atom. The number of aryl methyl sites for hydroxylation is 1. The van der Waals surface area contributed by atoms with Gasteiger partial charge >= 0.3 is 11.9 Å². The van der Waals surface area contributed by atoms with E-state index in [1.54, 1.807) is 12.1 Å². The van der Waals surface area contributed by atoms with Crippen LogP contribution in [0.15, 0.2) is 53.4 Å². The fraction of sp³-hybridized carbons (Fsp3) is 0.211. The molecule has 0 aliphatic rings. The Morgan fingerprint density at radius 1 is 0.964 bits per heavy atom. The van der Waals surface area contributed by atoms with Gasteiger partial charge in [-0.1, -0.05) is 17.7 Å². The zero-order valence-electron chi connectivity index (χ0n) is 15.3. The van der Waals surface area contributed by atoms with Gasteiger partial charge < -0.3 is 9.47 Å². The molecule has 28 heavy (non-hydrogen) atoms. The Hall–Kier alpha value is -3.04. The van der Waals surface area contributed by atoms with Gasteiger partial charge in [0.1, 0.15) is 12.3 Å². The standard InChI is InChI=1S/C19H19NO7S/c1-13-3-9-17(10-4-13)28(24,25)20-11-19(23)26-12-18(22)15-5-7-16(8-6-15)27-14(2)21/h3-10,20H,11-12H2,1-2H3. The van der Waals surface area contributed by atoms with Crippen molar-refractivity contribution in [3.63, 3.8) is 0 Å². The number of rotatable bonds is 8. The lowest BCUT2D eigenvalue weighted by Crippen LogP contribution is -2.31. The number of hydrogen-bond donors (Lipinski definition) is 1. The molecule has 2 aromatic rings. The molecule has 0 fully saturated rings. The maximum Gasteiger partial charge on any atom is 0.321 e. The number of carbonyl (C=O) groups is 3. The van der Waals surface area contributed by atoms with Crippen molar-refractivity contribution in [2.24, 2.45) is 0 Å². The van der Waals surface area contributed by atoms with Crippen molar-refractivity contribution in [1.29, 1.82) is 0 Å². The predicted octanol–water partition coefficient (Wildman–Crippen LogP) is 1.62. The quantitative estimate of drug-likeness (QED) is 0.403. The Labute approximate surface area is 162 Å². The smallest absolute Gasteiger partial charge is 0.321 e. The highest BCUT2D eigenvalue weighted by molar-refractivity contribution is 7.89. The molecule has 0 bridgehead atoms. The average Bonchev–Trinajstić information content (AvgIpc) is 2.65. The Morgan fingerprint density at radius 3 is 2.14 bits per heavy atom. The lowest BCUT2D eigenvalue weighted by Gasteiger charge is -2.08. The molecule has 148 valence electrons. The van der Waals surface area contributed by atoms with E-state index < -0.39 is 40.9 Å². The van der Waals surface area contributed by atoms with Crippen LogP contribution in [0.5, 0.6) is 5.75 Å². The van der Waals surface area contributed by atoms with Crippen LogP contribution in [0.2, 0.25) is 0 Å². The lowest BCUT2D eigenvalue weighted by atomic mass is 10.1. The van der Waals surface area contributed by atoms with Crippen molar-refractivity contribution in [1.82, 2.24) is 4.72 Å². The second-order valence-electron chi connectivity index (χ2n) is 5.84. The molecule has 1 N–H and O–H groups in total. The number of ether oxygens (including phenoxy) is 2. The topological polar surface area (TPSA) is 116 Å². The van der Waals surface area contributed by atoms with Crippen molar-refractivity contribution in [3.05, 3.63) is 59.7 Å². The monoisotopic (exact) mass is 405 g/mol. The zero-order chi connectivity index (χ0) is 20.7. The van der Waals surface area contributed by atoms with E-state index >= 15 is 0 Å². The molecule has 8 nitrogen and oxygen atoms in total. The summed E-state index contributed by atoms with van der Waals surface area (Å²) in [5.74, 6) is -1.57. The molecule has 2 rings (SSSR count). The summed E-state index contributed by atoms with van der Waals surface area (Å²) in [7, 11) is -3.85. The van der Waals surface area contributed by atoms with Gasteiger partial charge in [-0.25, -0.2) is 8.42 Å². The summed E-state index contributed by atoms with van der Waals surface area (Å²) in [6.07, 6.45) is 0. The summed E-state index contributed by atoms with van der Waals surface area (Å²) in [4.78, 5) is 34.6. The van der Waals surface area contributed by atoms with E-state index in [-0.39, 0.29) is 16.2 Å². The van der Waals surface area contributed by atoms with Crippen molar-refractivity contribution in [2.45, 2.75) is 18.7 Å². The van der Waals surface area contributed by atoms with E-state index in [9.17, 15) is 22.8 Å². The van der Waals surface area contributed by atoms with Crippen molar-refractivity contribution >= 4 is 27.7 Å². The Balaban J connectivity index is 1.84. The van der Waals surface area contributed by atoms with E-state index in [4.69, 9.17) is 9.47 Å². The number of sulfonamides is 1. The van der Waals surface area contributed by atoms with Crippen LogP contribution in [0.25, 0.3) is 0 Å². The first-order valence-electron chi connectivity index (χ1n) is 8.21. The number of esters is 2. The van der Waals surface area contributed by atoms with Crippen LogP contribution in [0.4, 0.5) is 0 Å². The second-order valence-corrected chi connectivity index (χ2v) is 7.61. The fourth-order valence-electron chi connectivity index (χ4n) is 2.11. The second kappa shape index (κ2) is 9.25. The van der Waals surface area contributed by atoms with Crippen LogP contribution >= 0.6 is 0 Å². The first-order valence-corrected chi connectivity index (χ1v) is 9.69. The maximum absolute atomic E-state index is 12.1. The van der Waals surface area contributed by atoms with E-state index in [0.29, 0.717) is 0 Å². The van der Waals surface area contributed by atoms with Crippen LogP contribution in [-0.2, 0) is 24.3 Å². The molecule has 0 saturated carbocycles. The van der Waals surface area contributed by atoms with Gasteiger partial charge in [0.25, 0.3) is 0 Å². The largest absolute Gasteiger partial charge is 0.456 e. The molecule has 0 unspecified atom stereocenters. The molecule has 9 heteroatoms. The van der Waals surface area contributed by atoms with Gasteiger partial charge in [-0.05, 0) is 43.3 Å². The van der Waals surface area contributed by atoms with Gasteiger partial charge in [0.15, 0.2) is 12.4 Å². The summed E-state index contributed by atoms with van der Waals surface area (Å²) >= 11 is 0. The van der Waals surface area contributed by atoms with Crippen molar-refractivity contribution in [3.8, 4) is 5.75 Å². The minimum atomic E-state index is -3.85. The van der Waals surface area contributed by atoms with Gasteiger partial charge in [-0.2, -0.15) is 4.72 Å². The van der Waals surface area contributed by atoms with Crippen LogP contribution in [0.3, 0.4) is 0 Å². The molecule has 0 aromatic heterocycles. The normalized spacial score (nSPS) is 10.9. The third-order valence-electron chi connectivity index (χ3n) is 3.54. The van der Waals surface area contributed by atoms with Crippen LogP contribution < -0.4 is 9.46 Å². The highest BCUT2D eigenvalue weighted by atomic mass is 32.2. The molecule has 0 radical (unpaired) electrons. The summed E-state index contributed by atoms with van der Waals surface area (Å²) in [6, 6.07) is 11.8. The number of carbonyl (C=O) groups excluding carboxylic acids is 3. The van der Waals surface area contributed by atoms with E-state index in [2.05, 4.69) is 4.72 Å². The number of ketones is 1. The molecule has 0 aliphatic heterocycles. The van der Waals surface area contributed by atoms with Crippen LogP contribution in [0, 0.1) is 6.92 Å². The number of nitrogens with one attached hydrogen (secondary N) is 1. The number of Topliss-reactive ketones (excluding diaryl/α,β-unsaturated/α-hetero) is 1. The van der Waals surface area contributed by atoms with E-state index in [0.717, 1.165) is 5.56 Å². The average molecular weight is 405 g/mol. The molecule has 0 heterocycles. The fourth-order valence-corrected chi connectivity index (χ4v) is 3.08. The predicted molar refractivity (Wildman–Crippen MR) is 99.4 cm³/mol. The molecular formula is C19H19NO7S. The molecule has 0 saturated heterocycles. The van der Waals surface area contributed by atoms with E-state index in [1.807, 2.05) is 6.92 Å². The third-order valence-corrected chi connectivity index (χ3v) is 4.96. The minimum Gasteiger partial charge on any atom is -0.456 e. The van der Waals surface area contributed by atoms with Gasteiger partial charge in [0.05, 0.1) is 4.90 Å². The SMILES string of the molecule is CC(=O)Oc1ccc(C(=O)COC(=O)CNS(=O)(=O)c2ccc(C)cc2)cc1. The van der Waals surface area contributed by atoms with Gasteiger partial charge in [0, 0.05) is 12.5 Å². The van der Waals surface area contributed by atoms with Crippen LogP contribution in [0.1, 0.15) is 22.8 Å². The first kappa shape index (κ1) is 21.3. The van der Waals surface area contributed by atoms with Crippen molar-refractivity contribution < 1.29 is 32.3 Å². The molecule has 2 aromatic carbocycles. The first-order chi connectivity index (χ1) is 13.2. The van der Waals surface area contributed by atoms with E-state index in [1.165, 1.54) is 43.3 Å². The number of benzene rings is 2. The molecule has 0 atom stereocenters. The minimum absolute atomic E-state index is 0.0230. The highest BCUT2D eigenvalue weighted by Gasteiger charge is 2.17. The van der Waals surface area contributed by atoms with Crippen LogP contribution in [-0.4, -0.2) is 39.3 Å². The summed E-state index contributed by atoms with van der Waals surface area (Å²) < 4.78 is 36.0. The van der Waals surface area contributed by atoms with Gasteiger partial charge in [0.2, 0.25) is 10.0 Å². The molecular weight excluding hydrogens is 386 g/mol. The molecule has 0 spiro atoms. The maximum atomic E-state index is 12.1. The lowest BCUT2D eigenvalue weighted by molar-refractivity contribution is -0.141. The molecule has 0 aliphatic carbocycles. The van der Waals surface area contributed by atoms with Gasteiger partial charge in [-0.15, -0.1) is 0 Å². The molecule has 0 amide bonds. The van der Waals surface area contributed by atoms with Gasteiger partial charge in [-0.3, -0.25) is 14.4 Å². The van der Waals surface area contributed by atoms with Crippen molar-refractivity contribution in [2.75, 3.05) is 13.2 Å². The summed E-state index contributed by atoms with van der Waals surface area (Å²) in [5.41, 5.74) is 1.15. The third kappa shape index (κ3) is 6.29. The Bertz CT molecular complexity index is 964. The zero-order valence-corrected chi connectivity index (χ0v) is 16.1. The summed E-state index contributed by atoms with van der Waals surface area (Å²) in [6.45, 7) is 1.93.